The highest BCUT2D eigenvalue weighted by Gasteiger charge is 2.18. The van der Waals surface area contributed by atoms with Crippen LogP contribution in [0.1, 0.15) is 42.3 Å². The zero-order chi connectivity index (χ0) is 19.6. The topological polar surface area (TPSA) is 69.2 Å². The van der Waals surface area contributed by atoms with Gasteiger partial charge in [0.2, 0.25) is 5.75 Å². The minimum atomic E-state index is -0.357. The van der Waals surface area contributed by atoms with E-state index in [1.165, 1.54) is 0 Å². The Labute approximate surface area is 160 Å². The normalized spacial score (nSPS) is 10.7. The van der Waals surface area contributed by atoms with E-state index < -0.39 is 0 Å². The lowest BCUT2D eigenvalue weighted by atomic mass is 10.1. The lowest BCUT2D eigenvalue weighted by Crippen LogP contribution is -2.18. The van der Waals surface area contributed by atoms with E-state index in [9.17, 15) is 4.79 Å². The highest BCUT2D eigenvalue weighted by atomic mass is 16.5. The molecule has 144 valence electrons. The molecule has 2 aromatic carbocycles. The molecule has 0 fully saturated rings. The summed E-state index contributed by atoms with van der Waals surface area (Å²) in [5.74, 6) is 1.09. The van der Waals surface area contributed by atoms with E-state index >= 15 is 0 Å². The zero-order valence-corrected chi connectivity index (χ0v) is 16.2. The van der Waals surface area contributed by atoms with Gasteiger partial charge in [0.15, 0.2) is 11.5 Å². The van der Waals surface area contributed by atoms with Crippen molar-refractivity contribution in [3.63, 3.8) is 0 Å². The standard InChI is InChI=1S/C21H26N2O4/c1-5-25-18-12-17(13-19(26-6-2)20(18)27-7-3)21(24)23-22-14-16-11-9-8-10-15(16)4/h8-14H,5-7H2,1-4H3,(H,23,24)/b22-14+. The van der Waals surface area contributed by atoms with E-state index in [-0.39, 0.29) is 5.91 Å². The summed E-state index contributed by atoms with van der Waals surface area (Å²) >= 11 is 0. The van der Waals surface area contributed by atoms with E-state index in [0.29, 0.717) is 42.6 Å². The highest BCUT2D eigenvalue weighted by Crippen LogP contribution is 2.39. The molecule has 0 aromatic heterocycles. The number of benzene rings is 2. The van der Waals surface area contributed by atoms with E-state index in [0.717, 1.165) is 11.1 Å². The Kier molecular flexibility index (Phi) is 7.67. The summed E-state index contributed by atoms with van der Waals surface area (Å²) < 4.78 is 16.9. The molecule has 0 heterocycles. The van der Waals surface area contributed by atoms with Crippen LogP contribution in [0.3, 0.4) is 0 Å². The Morgan fingerprint density at radius 3 is 2.15 bits per heavy atom. The van der Waals surface area contributed by atoms with Gasteiger partial charge in [-0.25, -0.2) is 5.43 Å². The van der Waals surface area contributed by atoms with Crippen molar-refractivity contribution in [2.45, 2.75) is 27.7 Å². The third-order valence-corrected chi connectivity index (χ3v) is 3.73. The SMILES string of the molecule is CCOc1cc(C(=O)N/N=C/c2ccccc2C)cc(OCC)c1OCC. The molecule has 6 heteroatoms. The van der Waals surface area contributed by atoms with Crippen molar-refractivity contribution < 1.29 is 19.0 Å². The van der Waals surface area contributed by atoms with Crippen LogP contribution in [0.5, 0.6) is 17.2 Å². The Morgan fingerprint density at radius 2 is 1.59 bits per heavy atom. The third-order valence-electron chi connectivity index (χ3n) is 3.73. The first kappa shape index (κ1) is 20.3. The average Bonchev–Trinajstić information content (AvgIpc) is 2.66. The summed E-state index contributed by atoms with van der Waals surface area (Å²) in [4.78, 5) is 12.5. The number of nitrogens with one attached hydrogen (secondary N) is 1. The number of rotatable bonds is 9. The summed E-state index contributed by atoms with van der Waals surface area (Å²) in [6.45, 7) is 8.96. The zero-order valence-electron chi connectivity index (χ0n) is 16.2. The molecule has 27 heavy (non-hydrogen) atoms. The molecular formula is C21H26N2O4. The minimum Gasteiger partial charge on any atom is -0.490 e. The van der Waals surface area contributed by atoms with Gasteiger partial charge in [-0.15, -0.1) is 0 Å². The lowest BCUT2D eigenvalue weighted by Gasteiger charge is -2.16. The number of carbonyl (C=O) groups is 1. The highest BCUT2D eigenvalue weighted by molar-refractivity contribution is 5.96. The first-order chi connectivity index (χ1) is 13.1. The van der Waals surface area contributed by atoms with Crippen LogP contribution in [0, 0.1) is 6.92 Å². The monoisotopic (exact) mass is 370 g/mol. The van der Waals surface area contributed by atoms with E-state index in [1.54, 1.807) is 18.3 Å². The van der Waals surface area contributed by atoms with Crippen LogP contribution in [0.4, 0.5) is 0 Å². The predicted octanol–water partition coefficient (Wildman–Crippen LogP) is 3.96. The maximum Gasteiger partial charge on any atom is 0.271 e. The fourth-order valence-corrected chi connectivity index (χ4v) is 2.48. The second-order valence-corrected chi connectivity index (χ2v) is 5.66. The number of hydrogen-bond donors (Lipinski definition) is 1. The minimum absolute atomic E-state index is 0.357. The first-order valence-electron chi connectivity index (χ1n) is 9.06. The summed E-state index contributed by atoms with van der Waals surface area (Å²) in [7, 11) is 0. The Hall–Kier alpha value is -3.02. The van der Waals surface area contributed by atoms with Crippen molar-refractivity contribution >= 4 is 12.1 Å². The number of nitrogens with zero attached hydrogens (tertiary/aromatic N) is 1. The molecule has 0 aliphatic carbocycles. The summed E-state index contributed by atoms with van der Waals surface area (Å²) in [6, 6.07) is 11.1. The van der Waals surface area contributed by atoms with Crippen molar-refractivity contribution in [3.8, 4) is 17.2 Å². The maximum absolute atomic E-state index is 12.5. The molecule has 0 saturated carbocycles. The molecule has 2 rings (SSSR count). The molecule has 0 saturated heterocycles. The molecule has 0 aliphatic rings. The summed E-state index contributed by atoms with van der Waals surface area (Å²) in [6.07, 6.45) is 1.62. The number of amides is 1. The Balaban J connectivity index is 2.25. The van der Waals surface area contributed by atoms with Crippen LogP contribution in [-0.4, -0.2) is 31.9 Å². The largest absolute Gasteiger partial charge is 0.490 e. The summed E-state index contributed by atoms with van der Waals surface area (Å²) in [5.41, 5.74) is 4.94. The number of hydrogen-bond acceptors (Lipinski definition) is 5. The molecule has 0 aliphatic heterocycles. The second-order valence-electron chi connectivity index (χ2n) is 5.66. The van der Waals surface area contributed by atoms with Gasteiger partial charge in [-0.3, -0.25) is 4.79 Å². The number of aryl methyl sites for hydroxylation is 1. The quantitative estimate of drug-likeness (QED) is 0.536. The molecule has 6 nitrogen and oxygen atoms in total. The molecule has 1 amide bonds. The van der Waals surface area contributed by atoms with Gasteiger partial charge in [-0.1, -0.05) is 24.3 Å². The number of hydrazone groups is 1. The van der Waals surface area contributed by atoms with Gasteiger partial charge in [0, 0.05) is 5.56 Å². The fraction of sp³-hybridized carbons (Fsp3) is 0.333. The number of carbonyl (C=O) groups excluding carboxylic acids is 1. The van der Waals surface area contributed by atoms with Gasteiger partial charge in [-0.2, -0.15) is 5.10 Å². The van der Waals surface area contributed by atoms with Gasteiger partial charge >= 0.3 is 0 Å². The van der Waals surface area contributed by atoms with Crippen molar-refractivity contribution in [2.75, 3.05) is 19.8 Å². The molecule has 0 atom stereocenters. The van der Waals surface area contributed by atoms with Crippen LogP contribution in [-0.2, 0) is 0 Å². The van der Waals surface area contributed by atoms with Gasteiger partial charge in [0.05, 0.1) is 26.0 Å². The lowest BCUT2D eigenvalue weighted by molar-refractivity contribution is 0.0954. The van der Waals surface area contributed by atoms with Gasteiger partial charge in [-0.05, 0) is 51.0 Å². The average molecular weight is 370 g/mol. The Morgan fingerprint density at radius 1 is 1.00 bits per heavy atom. The number of ether oxygens (including phenoxy) is 3. The smallest absolute Gasteiger partial charge is 0.271 e. The third kappa shape index (κ3) is 5.48. The van der Waals surface area contributed by atoms with E-state index in [2.05, 4.69) is 10.5 Å². The molecule has 2 aromatic rings. The van der Waals surface area contributed by atoms with E-state index in [4.69, 9.17) is 14.2 Å². The molecular weight excluding hydrogens is 344 g/mol. The van der Waals surface area contributed by atoms with Crippen LogP contribution in [0.2, 0.25) is 0 Å². The van der Waals surface area contributed by atoms with Gasteiger partial charge in [0.1, 0.15) is 0 Å². The van der Waals surface area contributed by atoms with Crippen LogP contribution < -0.4 is 19.6 Å². The van der Waals surface area contributed by atoms with Gasteiger partial charge in [0.25, 0.3) is 5.91 Å². The van der Waals surface area contributed by atoms with Crippen LogP contribution in [0.25, 0.3) is 0 Å². The Bertz CT molecular complexity index is 776. The maximum atomic E-state index is 12.5. The second kappa shape index (κ2) is 10.2. The molecule has 0 spiro atoms. The molecule has 0 radical (unpaired) electrons. The van der Waals surface area contributed by atoms with Crippen molar-refractivity contribution in [3.05, 3.63) is 53.1 Å². The van der Waals surface area contributed by atoms with Crippen molar-refractivity contribution in [1.29, 1.82) is 0 Å². The molecule has 1 N–H and O–H groups in total. The molecule has 0 unspecified atom stereocenters. The van der Waals surface area contributed by atoms with Crippen molar-refractivity contribution in [1.82, 2.24) is 5.43 Å². The van der Waals surface area contributed by atoms with Crippen LogP contribution in [0.15, 0.2) is 41.5 Å². The molecule has 0 bridgehead atoms. The first-order valence-corrected chi connectivity index (χ1v) is 9.06. The van der Waals surface area contributed by atoms with Gasteiger partial charge < -0.3 is 14.2 Å². The fourth-order valence-electron chi connectivity index (χ4n) is 2.48. The van der Waals surface area contributed by atoms with E-state index in [1.807, 2.05) is 52.0 Å². The van der Waals surface area contributed by atoms with Crippen LogP contribution >= 0.6 is 0 Å². The predicted molar refractivity (Wildman–Crippen MR) is 106 cm³/mol. The van der Waals surface area contributed by atoms with Crippen molar-refractivity contribution in [2.24, 2.45) is 5.10 Å². The summed E-state index contributed by atoms with van der Waals surface area (Å²) in [5, 5.41) is 4.05.